The maximum absolute atomic E-state index is 14.5. The van der Waals surface area contributed by atoms with Gasteiger partial charge in [-0.1, -0.05) is 32.4 Å². The summed E-state index contributed by atoms with van der Waals surface area (Å²) < 4.78 is 60.2. The molecular formula is C22H24F4N8. The van der Waals surface area contributed by atoms with Crippen LogP contribution in [0, 0.1) is 11.8 Å². The monoisotopic (exact) mass is 476 g/mol. The van der Waals surface area contributed by atoms with Gasteiger partial charge in [-0.3, -0.25) is 4.57 Å². The maximum Gasteiger partial charge on any atom is 0.308 e. The van der Waals surface area contributed by atoms with Crippen LogP contribution in [0.3, 0.4) is 0 Å². The third kappa shape index (κ3) is 4.70. The van der Waals surface area contributed by atoms with E-state index in [1.54, 1.807) is 31.2 Å². The molecule has 4 aromatic rings. The van der Waals surface area contributed by atoms with Gasteiger partial charge < -0.3 is 0 Å². The molecule has 1 N–H and O–H groups in total. The number of hydrogen-bond donors (Lipinski definition) is 1. The SMILES string of the molecule is CCCCc1nc(C(F)(F)CCC)nn1Cc1ccc(-n2c(F)cc(F)c2-c2nnn[nH]2)cc1. The molecule has 0 saturated heterocycles. The summed E-state index contributed by atoms with van der Waals surface area (Å²) >= 11 is 0. The molecule has 0 aliphatic heterocycles. The van der Waals surface area contributed by atoms with E-state index in [-0.39, 0.29) is 24.5 Å². The predicted molar refractivity (Wildman–Crippen MR) is 115 cm³/mol. The Morgan fingerprint density at radius 1 is 1.06 bits per heavy atom. The number of tetrazole rings is 1. The molecule has 4 rings (SSSR count). The number of halogens is 4. The fourth-order valence-corrected chi connectivity index (χ4v) is 3.71. The molecule has 0 unspecified atom stereocenters. The molecule has 0 bridgehead atoms. The third-order valence-corrected chi connectivity index (χ3v) is 5.40. The van der Waals surface area contributed by atoms with Crippen molar-refractivity contribution in [2.45, 2.75) is 58.4 Å². The van der Waals surface area contributed by atoms with E-state index in [9.17, 15) is 17.6 Å². The van der Waals surface area contributed by atoms with Gasteiger partial charge in [-0.15, -0.1) is 10.2 Å². The number of aromatic amines is 1. The predicted octanol–water partition coefficient (Wildman–Crippen LogP) is 4.81. The van der Waals surface area contributed by atoms with Crippen LogP contribution in [0.4, 0.5) is 17.6 Å². The third-order valence-electron chi connectivity index (χ3n) is 5.40. The topological polar surface area (TPSA) is 90.1 Å². The van der Waals surface area contributed by atoms with Crippen LogP contribution in [0.15, 0.2) is 30.3 Å². The summed E-state index contributed by atoms with van der Waals surface area (Å²) in [5, 5.41) is 17.0. The number of unbranched alkanes of at least 4 members (excludes halogenated alkanes) is 1. The number of aromatic nitrogens is 8. The van der Waals surface area contributed by atoms with Crippen LogP contribution in [-0.2, 0) is 18.9 Å². The number of alkyl halides is 2. The number of H-pyrrole nitrogens is 1. The molecule has 0 amide bonds. The summed E-state index contributed by atoms with van der Waals surface area (Å²) in [5.74, 6) is -4.72. The lowest BCUT2D eigenvalue weighted by atomic mass is 10.2. The second-order valence-electron chi connectivity index (χ2n) is 7.98. The number of hydrogen-bond acceptors (Lipinski definition) is 5. The standard InChI is InChI=1S/C22H24F4N8/c1-3-5-6-18-27-21(22(25,26)11-4-2)30-33(18)13-14-7-9-15(10-8-14)34-17(24)12-16(23)19(34)20-28-31-32-29-20/h7-10,12H,3-6,11,13H2,1-2H3,(H,28,29,31,32). The first kappa shape index (κ1) is 23.6. The van der Waals surface area contributed by atoms with Crippen molar-refractivity contribution in [3.05, 3.63) is 59.3 Å². The molecule has 34 heavy (non-hydrogen) atoms. The van der Waals surface area contributed by atoms with Crippen molar-refractivity contribution < 1.29 is 17.6 Å². The van der Waals surface area contributed by atoms with Gasteiger partial charge >= 0.3 is 5.92 Å². The van der Waals surface area contributed by atoms with Gasteiger partial charge in [0, 0.05) is 24.6 Å². The van der Waals surface area contributed by atoms with E-state index in [1.807, 2.05) is 6.92 Å². The largest absolute Gasteiger partial charge is 0.308 e. The zero-order chi connectivity index (χ0) is 24.3. The highest BCUT2D eigenvalue weighted by molar-refractivity contribution is 5.56. The minimum absolute atomic E-state index is 0.0193. The van der Waals surface area contributed by atoms with Crippen molar-refractivity contribution in [3.63, 3.8) is 0 Å². The Hall–Kier alpha value is -3.57. The molecule has 8 nitrogen and oxygen atoms in total. The zero-order valence-corrected chi connectivity index (χ0v) is 18.8. The number of aryl methyl sites for hydroxylation is 1. The molecule has 3 heterocycles. The molecule has 12 heteroatoms. The average Bonchev–Trinajstić information content (AvgIpc) is 3.52. The summed E-state index contributed by atoms with van der Waals surface area (Å²) in [7, 11) is 0. The first-order valence-electron chi connectivity index (χ1n) is 11.1. The molecule has 0 aliphatic rings. The highest BCUT2D eigenvalue weighted by Gasteiger charge is 2.36. The number of benzene rings is 1. The van der Waals surface area contributed by atoms with E-state index < -0.39 is 23.5 Å². The number of rotatable bonds is 10. The smallest absolute Gasteiger partial charge is 0.280 e. The fourth-order valence-electron chi connectivity index (χ4n) is 3.71. The molecule has 0 aliphatic carbocycles. The Morgan fingerprint density at radius 2 is 1.82 bits per heavy atom. The van der Waals surface area contributed by atoms with Crippen molar-refractivity contribution in [1.29, 1.82) is 0 Å². The van der Waals surface area contributed by atoms with Gasteiger partial charge in [-0.25, -0.2) is 19.2 Å². The molecule has 1 aromatic carbocycles. The van der Waals surface area contributed by atoms with Crippen LogP contribution in [0.25, 0.3) is 17.2 Å². The second kappa shape index (κ2) is 9.74. The highest BCUT2D eigenvalue weighted by Crippen LogP contribution is 2.31. The van der Waals surface area contributed by atoms with E-state index in [4.69, 9.17) is 0 Å². The van der Waals surface area contributed by atoms with Crippen molar-refractivity contribution in [3.8, 4) is 17.2 Å². The van der Waals surface area contributed by atoms with E-state index in [0.29, 0.717) is 24.4 Å². The van der Waals surface area contributed by atoms with Gasteiger partial charge in [0.25, 0.3) is 0 Å². The molecule has 180 valence electrons. The Balaban J connectivity index is 1.62. The van der Waals surface area contributed by atoms with Gasteiger partial charge in [-0.05, 0) is 41.0 Å². The molecule has 3 aromatic heterocycles. The summed E-state index contributed by atoms with van der Waals surface area (Å²) in [5.41, 5.74) is 0.945. The highest BCUT2D eigenvalue weighted by atomic mass is 19.3. The molecule has 0 spiro atoms. The average molecular weight is 476 g/mol. The van der Waals surface area contributed by atoms with Crippen molar-refractivity contribution in [1.82, 2.24) is 40.0 Å². The fraction of sp³-hybridized carbons (Fsp3) is 0.409. The van der Waals surface area contributed by atoms with Gasteiger partial charge in [-0.2, -0.15) is 13.2 Å². The lowest BCUT2D eigenvalue weighted by molar-refractivity contribution is -0.0232. The van der Waals surface area contributed by atoms with Crippen molar-refractivity contribution in [2.75, 3.05) is 0 Å². The van der Waals surface area contributed by atoms with E-state index in [0.717, 1.165) is 29.0 Å². The maximum atomic E-state index is 14.5. The van der Waals surface area contributed by atoms with Gasteiger partial charge in [0.1, 0.15) is 11.5 Å². The molecular weight excluding hydrogens is 452 g/mol. The van der Waals surface area contributed by atoms with Crippen molar-refractivity contribution in [2.24, 2.45) is 0 Å². The first-order valence-corrected chi connectivity index (χ1v) is 11.1. The molecule has 0 saturated carbocycles. The van der Waals surface area contributed by atoms with E-state index >= 15 is 0 Å². The molecule has 0 atom stereocenters. The normalized spacial score (nSPS) is 11.9. The van der Waals surface area contributed by atoms with Crippen LogP contribution >= 0.6 is 0 Å². The van der Waals surface area contributed by atoms with Gasteiger partial charge in [0.2, 0.25) is 11.8 Å². The molecule has 0 fully saturated rings. The minimum atomic E-state index is -3.09. The first-order chi connectivity index (χ1) is 16.3. The van der Waals surface area contributed by atoms with Gasteiger partial charge in [0.15, 0.2) is 11.6 Å². The summed E-state index contributed by atoms with van der Waals surface area (Å²) in [6, 6.07) is 7.34. The van der Waals surface area contributed by atoms with Gasteiger partial charge in [0.05, 0.1) is 6.54 Å². The van der Waals surface area contributed by atoms with Crippen LogP contribution in [-0.4, -0.2) is 40.0 Å². The van der Waals surface area contributed by atoms with E-state index in [2.05, 4.69) is 30.7 Å². The Kier molecular flexibility index (Phi) is 6.75. The van der Waals surface area contributed by atoms with Crippen LogP contribution < -0.4 is 0 Å². The summed E-state index contributed by atoms with van der Waals surface area (Å²) in [4.78, 5) is 4.14. The molecule has 0 radical (unpaired) electrons. The van der Waals surface area contributed by atoms with Crippen molar-refractivity contribution >= 4 is 0 Å². The van der Waals surface area contributed by atoms with E-state index in [1.165, 1.54) is 4.68 Å². The number of nitrogens with one attached hydrogen (secondary N) is 1. The zero-order valence-electron chi connectivity index (χ0n) is 18.8. The Morgan fingerprint density at radius 3 is 2.47 bits per heavy atom. The lowest BCUT2D eigenvalue weighted by Gasteiger charge is -2.11. The Labute approximate surface area is 193 Å². The van der Waals surface area contributed by atoms with Crippen LogP contribution in [0.2, 0.25) is 0 Å². The van der Waals surface area contributed by atoms with Crippen LogP contribution in [0.5, 0.6) is 0 Å². The second-order valence-corrected chi connectivity index (χ2v) is 7.98. The minimum Gasteiger partial charge on any atom is -0.280 e. The number of nitrogens with zero attached hydrogens (tertiary/aromatic N) is 7. The Bertz CT molecular complexity index is 1230. The van der Waals surface area contributed by atoms with Crippen LogP contribution in [0.1, 0.15) is 56.7 Å². The summed E-state index contributed by atoms with van der Waals surface area (Å²) in [6.07, 6.45) is 2.22. The lowest BCUT2D eigenvalue weighted by Crippen LogP contribution is -2.15. The quantitative estimate of drug-likeness (QED) is 0.332. The summed E-state index contributed by atoms with van der Waals surface area (Å²) in [6.45, 7) is 3.92.